The summed E-state index contributed by atoms with van der Waals surface area (Å²) in [6.07, 6.45) is 0.589. The van der Waals surface area contributed by atoms with Crippen molar-refractivity contribution in [2.45, 2.75) is 25.4 Å². The van der Waals surface area contributed by atoms with Gasteiger partial charge < -0.3 is 10.6 Å². The van der Waals surface area contributed by atoms with Crippen molar-refractivity contribution in [2.24, 2.45) is 12.7 Å². The van der Waals surface area contributed by atoms with Crippen molar-refractivity contribution in [3.05, 3.63) is 62.2 Å². The van der Waals surface area contributed by atoms with Crippen molar-refractivity contribution < 1.29 is 13.7 Å². The Labute approximate surface area is 159 Å². The van der Waals surface area contributed by atoms with E-state index in [-0.39, 0.29) is 28.6 Å². The first kappa shape index (κ1) is 8.50. The van der Waals surface area contributed by atoms with Gasteiger partial charge in [0.05, 0.1) is 26.4 Å². The third-order valence-electron chi connectivity index (χ3n) is 3.75. The predicted octanol–water partition coefficient (Wildman–Crippen LogP) is 0.394. The van der Waals surface area contributed by atoms with Crippen molar-refractivity contribution in [1.29, 1.82) is 5.26 Å². The lowest BCUT2D eigenvalue weighted by Gasteiger charge is -2.34. The number of nitrogens with zero attached hydrogens (tertiary/aromatic N) is 4. The van der Waals surface area contributed by atoms with Crippen molar-refractivity contribution in [3.8, 4) is 6.07 Å². The lowest BCUT2D eigenvalue weighted by Crippen LogP contribution is -2.47. The molecule has 2 heterocycles. The van der Waals surface area contributed by atoms with E-state index in [4.69, 9.17) is 19.4 Å². The van der Waals surface area contributed by atoms with Crippen LogP contribution in [0.1, 0.15) is 37.7 Å². The van der Waals surface area contributed by atoms with Gasteiger partial charge >= 0.3 is 5.69 Å². The Hall–Kier alpha value is -2.85. The second-order valence-electron chi connectivity index (χ2n) is 5.45. The van der Waals surface area contributed by atoms with Crippen LogP contribution in [0.15, 0.2) is 39.8 Å². The number of benzene rings is 1. The van der Waals surface area contributed by atoms with Crippen LogP contribution in [0, 0.1) is 11.3 Å². The van der Waals surface area contributed by atoms with E-state index >= 15 is 0 Å². The zero-order valence-electron chi connectivity index (χ0n) is 23.1. The van der Waals surface area contributed by atoms with Crippen LogP contribution in [0.3, 0.4) is 0 Å². The van der Waals surface area contributed by atoms with E-state index in [0.717, 1.165) is 0 Å². The van der Waals surface area contributed by atoms with E-state index in [0.29, 0.717) is 12.5 Å². The molecular formula is C18H21N5O2. The summed E-state index contributed by atoms with van der Waals surface area (Å²) >= 11 is 0. The van der Waals surface area contributed by atoms with Gasteiger partial charge in [-0.3, -0.25) is 13.9 Å². The minimum absolute atomic E-state index is 0.127. The summed E-state index contributed by atoms with van der Waals surface area (Å²) in [5.74, 6) is -0.441. The molecule has 0 bridgehead atoms. The van der Waals surface area contributed by atoms with Crippen LogP contribution in [0.5, 0.6) is 0 Å². The first-order valence-corrected chi connectivity index (χ1v) is 7.40. The molecule has 130 valence electrons. The number of piperidine rings is 1. The van der Waals surface area contributed by atoms with Crippen molar-refractivity contribution in [1.82, 2.24) is 9.13 Å². The average Bonchev–Trinajstić information content (AvgIpc) is 2.71. The molecule has 0 saturated carbocycles. The second kappa shape index (κ2) is 6.95. The number of nitriles is 1. The van der Waals surface area contributed by atoms with Crippen molar-refractivity contribution in [3.63, 3.8) is 0 Å². The minimum atomic E-state index is -3.31. The molecule has 3 rings (SSSR count). The Morgan fingerprint density at radius 1 is 1.52 bits per heavy atom. The van der Waals surface area contributed by atoms with Gasteiger partial charge in [-0.1, -0.05) is 18.1 Å². The lowest BCUT2D eigenvalue weighted by atomic mass is 10.1. The standard InChI is InChI=1S/C18H21N5O2/c1-21-17(24)9-16(22-8-4-7-15(20)12-22)23(18(21)25)11-14-6-3-2-5-13(14)10-19/h2-3,5-6,9,15H,4,7-8,11-12,20H2,1H3/t15-/m1/s1/i1D3,2D,3D,5D,6D,11D2,15D. The third-order valence-corrected chi connectivity index (χ3v) is 3.75. The number of hydrogen-bond acceptors (Lipinski definition) is 5. The van der Waals surface area contributed by atoms with Gasteiger partial charge in [-0.15, -0.1) is 0 Å². The smallest absolute Gasteiger partial charge is 0.332 e. The van der Waals surface area contributed by atoms with E-state index in [1.165, 1.54) is 11.0 Å². The highest BCUT2D eigenvalue weighted by Crippen LogP contribution is 2.19. The van der Waals surface area contributed by atoms with Gasteiger partial charge in [-0.05, 0) is 24.4 Å². The second-order valence-corrected chi connectivity index (χ2v) is 5.45. The molecule has 0 spiro atoms. The maximum absolute atomic E-state index is 13.4. The van der Waals surface area contributed by atoms with Crippen LogP contribution in [0.4, 0.5) is 5.82 Å². The number of aromatic nitrogens is 2. The van der Waals surface area contributed by atoms with E-state index in [2.05, 4.69) is 0 Å². The average molecular weight is 349 g/mol. The third kappa shape index (κ3) is 3.35. The number of nitrogens with two attached hydrogens (primary N) is 1. The molecule has 25 heavy (non-hydrogen) atoms. The molecule has 1 aliphatic heterocycles. The summed E-state index contributed by atoms with van der Waals surface area (Å²) in [5.41, 5.74) is 1.30. The summed E-state index contributed by atoms with van der Waals surface area (Å²) in [5, 5.41) is 9.58. The number of rotatable bonds is 3. The number of hydrogen-bond donors (Lipinski definition) is 1. The van der Waals surface area contributed by atoms with Crippen LogP contribution in [0.25, 0.3) is 0 Å². The minimum Gasteiger partial charge on any atom is -0.356 e. The molecule has 1 aromatic heterocycles. The topological polar surface area (TPSA) is 97.0 Å². The van der Waals surface area contributed by atoms with Gasteiger partial charge in [0.1, 0.15) is 5.82 Å². The van der Waals surface area contributed by atoms with E-state index in [1.807, 2.05) is 0 Å². The molecule has 0 unspecified atom stereocenters. The van der Waals surface area contributed by atoms with Crippen LogP contribution in [0.2, 0.25) is 0 Å². The zero-order chi connectivity index (χ0) is 26.7. The first-order valence-electron chi connectivity index (χ1n) is 12.4. The fraction of sp³-hybridized carbons (Fsp3) is 0.389. The Morgan fingerprint density at radius 2 is 2.32 bits per heavy atom. The van der Waals surface area contributed by atoms with Gasteiger partial charge in [0.25, 0.3) is 5.56 Å². The highest BCUT2D eigenvalue weighted by molar-refractivity contribution is 5.42. The summed E-state index contributed by atoms with van der Waals surface area (Å²) in [4.78, 5) is 27.3. The fourth-order valence-corrected chi connectivity index (χ4v) is 2.56. The number of anilines is 1. The molecule has 1 atom stereocenters. The van der Waals surface area contributed by atoms with Gasteiger partial charge in [-0.2, -0.15) is 5.26 Å². The molecule has 2 N–H and O–H groups in total. The summed E-state index contributed by atoms with van der Waals surface area (Å²) in [7, 11) is 0. The van der Waals surface area contributed by atoms with Gasteiger partial charge in [0.15, 0.2) is 0 Å². The summed E-state index contributed by atoms with van der Waals surface area (Å²) in [6.45, 7) is -6.67. The fourth-order valence-electron chi connectivity index (χ4n) is 2.56. The van der Waals surface area contributed by atoms with E-state index in [9.17, 15) is 14.9 Å². The Kier molecular flexibility index (Phi) is 2.36. The van der Waals surface area contributed by atoms with Crippen LogP contribution < -0.4 is 21.9 Å². The molecular weight excluding hydrogens is 318 g/mol. The van der Waals surface area contributed by atoms with E-state index in [1.54, 1.807) is 0 Å². The van der Waals surface area contributed by atoms with Crippen LogP contribution in [-0.2, 0) is 13.5 Å². The quantitative estimate of drug-likeness (QED) is 0.865. The molecule has 1 aliphatic rings. The normalized spacial score (nSPS) is 27.1. The van der Waals surface area contributed by atoms with Crippen molar-refractivity contribution >= 4 is 5.82 Å². The maximum Gasteiger partial charge on any atom is 0.332 e. The van der Waals surface area contributed by atoms with E-state index < -0.39 is 71.9 Å². The van der Waals surface area contributed by atoms with Gasteiger partial charge in [-0.25, -0.2) is 4.79 Å². The molecule has 0 radical (unpaired) electrons. The highest BCUT2D eigenvalue weighted by atomic mass is 16.2. The monoisotopic (exact) mass is 349 g/mol. The largest absolute Gasteiger partial charge is 0.356 e. The molecule has 1 aromatic carbocycles. The molecule has 1 fully saturated rings. The van der Waals surface area contributed by atoms with Gasteiger partial charge in [0.2, 0.25) is 0 Å². The Balaban J connectivity index is 2.49. The molecule has 7 heteroatoms. The predicted molar refractivity (Wildman–Crippen MR) is 95.6 cm³/mol. The van der Waals surface area contributed by atoms with Crippen LogP contribution >= 0.6 is 0 Å². The molecule has 7 nitrogen and oxygen atoms in total. The highest BCUT2D eigenvalue weighted by Gasteiger charge is 2.22. The summed E-state index contributed by atoms with van der Waals surface area (Å²) < 4.78 is 80.4. The van der Waals surface area contributed by atoms with Crippen molar-refractivity contribution in [2.75, 3.05) is 18.0 Å². The van der Waals surface area contributed by atoms with Gasteiger partial charge in [0, 0.05) is 37.6 Å². The molecule has 0 aliphatic carbocycles. The SMILES string of the molecule is [2H]c1c([2H])c([2H])c(C([2H])([2H])n2c(N3CCC[C@@]([2H])(N)C3)cc(=O)n(C([2H])([2H])[2H])c2=O)c(C#N)c1[2H]. The molecule has 1 saturated heterocycles. The Morgan fingerprint density at radius 3 is 3.04 bits per heavy atom. The molecule has 2 aromatic rings. The lowest BCUT2D eigenvalue weighted by molar-refractivity contribution is 0.491. The first-order chi connectivity index (χ1) is 16.0. The summed E-state index contributed by atoms with van der Waals surface area (Å²) in [6, 6.07) is -2.79. The zero-order valence-corrected chi connectivity index (χ0v) is 13.1. The Bertz CT molecular complexity index is 1360. The molecule has 0 amide bonds. The maximum atomic E-state index is 13.4. The van der Waals surface area contributed by atoms with Crippen LogP contribution in [-0.4, -0.2) is 28.2 Å².